The molecule has 1 N–H and O–H groups in total. The summed E-state index contributed by atoms with van der Waals surface area (Å²) >= 11 is 1.31. The van der Waals surface area contributed by atoms with Gasteiger partial charge in [0.25, 0.3) is 5.91 Å². The van der Waals surface area contributed by atoms with Crippen LogP contribution in [0.1, 0.15) is 92.7 Å². The monoisotopic (exact) mass is 442 g/mol. The molecule has 0 unspecified atom stereocenters. The second-order valence-corrected chi connectivity index (χ2v) is 9.27. The maximum atomic E-state index is 12.6. The van der Waals surface area contributed by atoms with Gasteiger partial charge in [-0.15, -0.1) is 11.3 Å². The molecule has 1 aromatic carbocycles. The van der Waals surface area contributed by atoms with Crippen LogP contribution in [0.15, 0.2) is 29.6 Å². The molecule has 0 saturated heterocycles. The smallest absolute Gasteiger partial charge is 0.311 e. The van der Waals surface area contributed by atoms with Crippen LogP contribution in [0.3, 0.4) is 0 Å². The molecule has 3 rings (SSSR count). The van der Waals surface area contributed by atoms with E-state index in [0.29, 0.717) is 28.9 Å². The quantitative estimate of drug-likeness (QED) is 0.344. The van der Waals surface area contributed by atoms with Gasteiger partial charge in [-0.05, 0) is 62.1 Å². The van der Waals surface area contributed by atoms with Gasteiger partial charge in [0.1, 0.15) is 0 Å². The number of rotatable bonds is 10. The number of benzene rings is 1. The summed E-state index contributed by atoms with van der Waals surface area (Å²) in [7, 11) is 0. The Labute approximate surface area is 189 Å². The third kappa shape index (κ3) is 7.17. The molecule has 31 heavy (non-hydrogen) atoms. The molecule has 0 bridgehead atoms. The average Bonchev–Trinajstić information content (AvgIpc) is 3.21. The number of aromatic nitrogens is 1. The summed E-state index contributed by atoms with van der Waals surface area (Å²) in [6, 6.07) is 8.02. The molecule has 0 radical (unpaired) electrons. The summed E-state index contributed by atoms with van der Waals surface area (Å²) in [5.74, 6) is 1.03. The minimum absolute atomic E-state index is 0.121. The molecule has 5 nitrogen and oxygen atoms in total. The maximum Gasteiger partial charge on any atom is 0.311 e. The molecular formula is C25H34N2O3S. The van der Waals surface area contributed by atoms with Gasteiger partial charge in [0, 0.05) is 10.9 Å². The van der Waals surface area contributed by atoms with Gasteiger partial charge in [-0.25, -0.2) is 4.98 Å². The largest absolute Gasteiger partial charge is 0.466 e. The SMILES string of the molecule is CCCCCC1CCC(c2ccc(C(=O)Nc3nc(CC(=O)OCC)cs3)cc2)CC1. The molecule has 0 atom stereocenters. The van der Waals surface area contributed by atoms with Crippen molar-refractivity contribution in [3.05, 3.63) is 46.5 Å². The highest BCUT2D eigenvalue weighted by atomic mass is 32.1. The van der Waals surface area contributed by atoms with E-state index in [-0.39, 0.29) is 18.3 Å². The van der Waals surface area contributed by atoms with E-state index in [1.54, 1.807) is 12.3 Å². The Kier molecular flexibility index (Phi) is 9.07. The Hall–Kier alpha value is -2.21. The van der Waals surface area contributed by atoms with Gasteiger partial charge in [0.05, 0.1) is 18.7 Å². The molecular weight excluding hydrogens is 408 g/mol. The highest BCUT2D eigenvalue weighted by molar-refractivity contribution is 7.14. The predicted molar refractivity (Wildman–Crippen MR) is 126 cm³/mol. The number of thiazole rings is 1. The molecule has 2 aromatic rings. The van der Waals surface area contributed by atoms with Gasteiger partial charge in [-0.2, -0.15) is 0 Å². The zero-order valence-corrected chi connectivity index (χ0v) is 19.5. The van der Waals surface area contributed by atoms with Gasteiger partial charge in [-0.3, -0.25) is 14.9 Å². The van der Waals surface area contributed by atoms with Crippen molar-refractivity contribution >= 4 is 28.3 Å². The Morgan fingerprint density at radius 2 is 1.84 bits per heavy atom. The van der Waals surface area contributed by atoms with Crippen LogP contribution >= 0.6 is 11.3 Å². The number of esters is 1. The highest BCUT2D eigenvalue weighted by Crippen LogP contribution is 2.37. The summed E-state index contributed by atoms with van der Waals surface area (Å²) in [5, 5.41) is 5.10. The van der Waals surface area contributed by atoms with Crippen LogP contribution in [0.5, 0.6) is 0 Å². The number of nitrogens with one attached hydrogen (secondary N) is 1. The van der Waals surface area contributed by atoms with Crippen molar-refractivity contribution in [2.75, 3.05) is 11.9 Å². The van der Waals surface area contributed by atoms with Crippen molar-refractivity contribution in [1.29, 1.82) is 0 Å². The van der Waals surface area contributed by atoms with E-state index in [0.717, 1.165) is 5.92 Å². The van der Waals surface area contributed by atoms with Gasteiger partial charge >= 0.3 is 5.97 Å². The number of hydrogen-bond donors (Lipinski definition) is 1. The van der Waals surface area contributed by atoms with Gasteiger partial charge in [0.15, 0.2) is 5.13 Å². The van der Waals surface area contributed by atoms with Crippen molar-refractivity contribution in [2.45, 2.75) is 77.6 Å². The van der Waals surface area contributed by atoms with Crippen molar-refractivity contribution in [3.63, 3.8) is 0 Å². The topological polar surface area (TPSA) is 68.3 Å². The van der Waals surface area contributed by atoms with E-state index in [2.05, 4.69) is 29.4 Å². The summed E-state index contributed by atoms with van der Waals surface area (Å²) in [5.41, 5.74) is 2.58. The van der Waals surface area contributed by atoms with Crippen LogP contribution in [-0.2, 0) is 16.0 Å². The first kappa shape index (κ1) is 23.5. The zero-order valence-electron chi connectivity index (χ0n) is 18.7. The minimum atomic E-state index is -0.309. The lowest BCUT2D eigenvalue weighted by molar-refractivity contribution is -0.142. The molecule has 168 valence electrons. The highest BCUT2D eigenvalue weighted by Gasteiger charge is 2.22. The molecule has 1 saturated carbocycles. The number of amides is 1. The maximum absolute atomic E-state index is 12.6. The normalized spacial score (nSPS) is 18.5. The first-order valence-corrected chi connectivity index (χ1v) is 12.5. The summed E-state index contributed by atoms with van der Waals surface area (Å²) < 4.78 is 4.93. The molecule has 1 aliphatic rings. The second-order valence-electron chi connectivity index (χ2n) is 8.42. The number of carbonyl (C=O) groups excluding carboxylic acids is 2. The van der Waals surface area contributed by atoms with Crippen molar-refractivity contribution in [1.82, 2.24) is 4.98 Å². The zero-order chi connectivity index (χ0) is 22.1. The fourth-order valence-electron chi connectivity index (χ4n) is 4.35. The van der Waals surface area contributed by atoms with Gasteiger partial charge in [0.2, 0.25) is 0 Å². The van der Waals surface area contributed by atoms with Crippen LogP contribution in [0.4, 0.5) is 5.13 Å². The van der Waals surface area contributed by atoms with Crippen LogP contribution in [0.2, 0.25) is 0 Å². The molecule has 6 heteroatoms. The average molecular weight is 443 g/mol. The van der Waals surface area contributed by atoms with Crippen LogP contribution in [0, 0.1) is 5.92 Å². The molecule has 0 aliphatic heterocycles. The van der Waals surface area contributed by atoms with Crippen LogP contribution < -0.4 is 5.32 Å². The lowest BCUT2D eigenvalue weighted by Gasteiger charge is -2.29. The first-order chi connectivity index (χ1) is 15.1. The number of anilines is 1. The lowest BCUT2D eigenvalue weighted by Crippen LogP contribution is -2.14. The number of ether oxygens (including phenoxy) is 1. The lowest BCUT2D eigenvalue weighted by atomic mass is 9.77. The summed E-state index contributed by atoms with van der Waals surface area (Å²) in [6.07, 6.45) is 10.7. The van der Waals surface area contributed by atoms with E-state index >= 15 is 0 Å². The van der Waals surface area contributed by atoms with Crippen molar-refractivity contribution in [2.24, 2.45) is 5.92 Å². The standard InChI is InChI=1S/C25H34N2O3S/c1-3-5-6-7-18-8-10-19(11-9-18)20-12-14-21(15-13-20)24(29)27-25-26-22(17-31-25)16-23(28)30-4-2/h12-15,17-19H,3-11,16H2,1-2H3,(H,26,27,29). The molecule has 1 aromatic heterocycles. The van der Waals surface area contributed by atoms with Gasteiger partial charge in [-0.1, -0.05) is 44.7 Å². The van der Waals surface area contributed by atoms with Crippen LogP contribution in [-0.4, -0.2) is 23.5 Å². The number of hydrogen-bond acceptors (Lipinski definition) is 5. The predicted octanol–water partition coefficient (Wildman–Crippen LogP) is 6.36. The summed E-state index contributed by atoms with van der Waals surface area (Å²) in [6.45, 7) is 4.39. The first-order valence-electron chi connectivity index (χ1n) is 11.6. The van der Waals surface area contributed by atoms with E-state index in [9.17, 15) is 9.59 Å². The number of unbranched alkanes of at least 4 members (excludes halogenated alkanes) is 2. The Morgan fingerprint density at radius 1 is 1.10 bits per heavy atom. The van der Waals surface area contributed by atoms with E-state index < -0.39 is 0 Å². The number of nitrogens with zero attached hydrogens (tertiary/aromatic N) is 1. The third-order valence-corrected chi connectivity index (χ3v) is 6.92. The van der Waals surface area contributed by atoms with E-state index in [1.165, 1.54) is 68.3 Å². The summed E-state index contributed by atoms with van der Waals surface area (Å²) in [4.78, 5) is 28.4. The number of carbonyl (C=O) groups is 2. The molecule has 1 amide bonds. The molecule has 1 aliphatic carbocycles. The minimum Gasteiger partial charge on any atom is -0.466 e. The Morgan fingerprint density at radius 3 is 2.52 bits per heavy atom. The van der Waals surface area contributed by atoms with E-state index in [1.807, 2.05) is 12.1 Å². The second kappa shape index (κ2) is 12.0. The fourth-order valence-corrected chi connectivity index (χ4v) is 5.05. The molecule has 0 spiro atoms. The third-order valence-electron chi connectivity index (χ3n) is 6.11. The van der Waals surface area contributed by atoms with Crippen molar-refractivity contribution in [3.8, 4) is 0 Å². The Bertz CT molecular complexity index is 839. The fraction of sp³-hybridized carbons (Fsp3) is 0.560. The molecule has 1 fully saturated rings. The van der Waals surface area contributed by atoms with E-state index in [4.69, 9.17) is 4.74 Å². The van der Waals surface area contributed by atoms with Gasteiger partial charge < -0.3 is 4.74 Å². The van der Waals surface area contributed by atoms with Crippen LogP contribution in [0.25, 0.3) is 0 Å². The Balaban J connectivity index is 1.48. The molecule has 1 heterocycles. The van der Waals surface area contributed by atoms with Crippen molar-refractivity contribution < 1.29 is 14.3 Å².